The van der Waals surface area contributed by atoms with Gasteiger partial charge in [0.1, 0.15) is 18.1 Å². The van der Waals surface area contributed by atoms with Crippen LogP contribution in [0.2, 0.25) is 0 Å². The Morgan fingerprint density at radius 3 is 2.38 bits per heavy atom. The Labute approximate surface area is 172 Å². The van der Waals surface area contributed by atoms with E-state index in [0.717, 1.165) is 0 Å². The maximum Gasteiger partial charge on any atom is 0.326 e. The summed E-state index contributed by atoms with van der Waals surface area (Å²) < 4.78 is 0. The maximum atomic E-state index is 12.9. The monoisotopic (exact) mass is 432 g/mol. The average Bonchev–Trinajstić information content (AvgIpc) is 3.16. The molecule has 1 saturated heterocycles. The van der Waals surface area contributed by atoms with E-state index in [9.17, 15) is 29.1 Å². The summed E-state index contributed by atoms with van der Waals surface area (Å²) in [6, 6.07) is -3.06. The van der Waals surface area contributed by atoms with Crippen molar-refractivity contribution >= 4 is 41.4 Å². The van der Waals surface area contributed by atoms with Gasteiger partial charge in [-0.3, -0.25) is 19.2 Å². The van der Waals surface area contributed by atoms with E-state index in [1.54, 1.807) is 0 Å². The number of carbonyl (C=O) groups is 5. The van der Waals surface area contributed by atoms with Gasteiger partial charge in [0, 0.05) is 13.0 Å². The lowest BCUT2D eigenvalue weighted by Crippen LogP contribution is -2.56. The molecule has 164 valence electrons. The quantitative estimate of drug-likeness (QED) is 0.248. The number of rotatable bonds is 12. The third kappa shape index (κ3) is 7.89. The summed E-state index contributed by atoms with van der Waals surface area (Å²) in [5.41, 5.74) is 5.31. The molecular weight excluding hydrogens is 404 g/mol. The number of nitrogens with one attached hydrogen (secondary N) is 2. The first-order valence-corrected chi connectivity index (χ1v) is 10.6. The Balaban J connectivity index is 2.85. The van der Waals surface area contributed by atoms with Crippen LogP contribution in [0.1, 0.15) is 32.1 Å². The van der Waals surface area contributed by atoms with Gasteiger partial charge in [0.2, 0.25) is 17.7 Å². The van der Waals surface area contributed by atoms with E-state index in [1.165, 1.54) is 16.7 Å². The Morgan fingerprint density at radius 2 is 1.83 bits per heavy atom. The van der Waals surface area contributed by atoms with Crippen LogP contribution in [0.3, 0.4) is 0 Å². The minimum Gasteiger partial charge on any atom is -0.481 e. The number of carboxylic acid groups (broad SMARTS) is 2. The molecule has 0 aromatic rings. The van der Waals surface area contributed by atoms with Gasteiger partial charge in [0.25, 0.3) is 0 Å². The standard InChI is InChI=1S/C17H28N4O7S/c1-29-8-6-10(19-13(22)9-18)16(26)21-7-2-3-12(21)15(25)20-11(17(27)28)4-5-14(23)24/h10-12H,2-9,18H2,1H3,(H,19,22)(H,20,25)(H,23,24)(H,27,28). The zero-order valence-corrected chi connectivity index (χ0v) is 17.1. The second kappa shape index (κ2) is 12.3. The molecule has 0 saturated carbocycles. The number of hydrogen-bond donors (Lipinski definition) is 5. The molecule has 0 aromatic carbocycles. The average molecular weight is 432 g/mol. The summed E-state index contributed by atoms with van der Waals surface area (Å²) in [6.45, 7) is 0.0366. The molecule has 12 heteroatoms. The number of nitrogens with two attached hydrogens (primary N) is 1. The summed E-state index contributed by atoms with van der Waals surface area (Å²) >= 11 is 1.51. The summed E-state index contributed by atoms with van der Waals surface area (Å²) in [7, 11) is 0. The first-order valence-electron chi connectivity index (χ1n) is 9.25. The number of aliphatic carboxylic acids is 2. The molecule has 11 nitrogen and oxygen atoms in total. The molecule has 0 radical (unpaired) electrons. The molecule has 1 aliphatic rings. The lowest BCUT2D eigenvalue weighted by Gasteiger charge is -2.29. The van der Waals surface area contributed by atoms with E-state index < -0.39 is 54.2 Å². The molecule has 0 aromatic heterocycles. The van der Waals surface area contributed by atoms with Crippen molar-refractivity contribution in [2.24, 2.45) is 5.73 Å². The predicted molar refractivity (Wildman–Crippen MR) is 105 cm³/mol. The fourth-order valence-electron chi connectivity index (χ4n) is 3.04. The van der Waals surface area contributed by atoms with Crippen LogP contribution in [0.25, 0.3) is 0 Å². The highest BCUT2D eigenvalue weighted by molar-refractivity contribution is 7.98. The van der Waals surface area contributed by atoms with Gasteiger partial charge in [-0.1, -0.05) is 0 Å². The zero-order valence-electron chi connectivity index (χ0n) is 16.3. The highest BCUT2D eigenvalue weighted by Crippen LogP contribution is 2.20. The normalized spacial score (nSPS) is 18.0. The van der Waals surface area contributed by atoms with Crippen molar-refractivity contribution in [1.29, 1.82) is 0 Å². The maximum absolute atomic E-state index is 12.9. The van der Waals surface area contributed by atoms with Gasteiger partial charge in [-0.15, -0.1) is 0 Å². The van der Waals surface area contributed by atoms with E-state index in [-0.39, 0.29) is 13.0 Å². The lowest BCUT2D eigenvalue weighted by molar-refractivity contribution is -0.145. The predicted octanol–water partition coefficient (Wildman–Crippen LogP) is -1.39. The first kappa shape index (κ1) is 24.7. The number of carboxylic acids is 2. The molecule has 3 amide bonds. The lowest BCUT2D eigenvalue weighted by atomic mass is 10.1. The van der Waals surface area contributed by atoms with Crippen molar-refractivity contribution in [2.75, 3.05) is 25.1 Å². The number of nitrogens with zero attached hydrogens (tertiary/aromatic N) is 1. The molecule has 0 spiro atoms. The van der Waals surface area contributed by atoms with Gasteiger partial charge in [-0.2, -0.15) is 11.8 Å². The highest BCUT2D eigenvalue weighted by atomic mass is 32.2. The van der Waals surface area contributed by atoms with Crippen molar-refractivity contribution in [3.8, 4) is 0 Å². The van der Waals surface area contributed by atoms with Crippen LogP contribution in [0, 0.1) is 0 Å². The number of amides is 3. The zero-order chi connectivity index (χ0) is 22.0. The van der Waals surface area contributed by atoms with Crippen molar-refractivity contribution < 1.29 is 34.2 Å². The number of thioether (sulfide) groups is 1. The number of likely N-dealkylation sites (tertiary alicyclic amines) is 1. The van der Waals surface area contributed by atoms with Crippen molar-refractivity contribution in [3.05, 3.63) is 0 Å². The second-order valence-corrected chi connectivity index (χ2v) is 7.61. The largest absolute Gasteiger partial charge is 0.481 e. The highest BCUT2D eigenvalue weighted by Gasteiger charge is 2.38. The van der Waals surface area contributed by atoms with Crippen LogP contribution in [-0.4, -0.2) is 88.0 Å². The van der Waals surface area contributed by atoms with Gasteiger partial charge in [0.15, 0.2) is 0 Å². The molecule has 1 heterocycles. The number of hydrogen-bond acceptors (Lipinski definition) is 7. The van der Waals surface area contributed by atoms with Crippen LogP contribution in [0.15, 0.2) is 0 Å². The Kier molecular flexibility index (Phi) is 10.5. The van der Waals surface area contributed by atoms with E-state index in [2.05, 4.69) is 10.6 Å². The summed E-state index contributed by atoms with van der Waals surface area (Å²) in [5, 5.41) is 22.8. The molecular formula is C17H28N4O7S. The molecule has 1 rings (SSSR count). The van der Waals surface area contributed by atoms with Gasteiger partial charge in [-0.25, -0.2) is 4.79 Å². The van der Waals surface area contributed by atoms with Crippen LogP contribution >= 0.6 is 11.8 Å². The summed E-state index contributed by atoms with van der Waals surface area (Å²) in [4.78, 5) is 60.5. The third-order valence-corrected chi connectivity index (χ3v) is 5.17. The molecule has 1 aliphatic heterocycles. The second-order valence-electron chi connectivity index (χ2n) is 6.63. The third-order valence-electron chi connectivity index (χ3n) is 4.53. The van der Waals surface area contributed by atoms with E-state index in [1.807, 2.05) is 6.26 Å². The van der Waals surface area contributed by atoms with E-state index in [4.69, 9.17) is 10.8 Å². The van der Waals surface area contributed by atoms with E-state index >= 15 is 0 Å². The Hall–Kier alpha value is -2.34. The van der Waals surface area contributed by atoms with Gasteiger partial charge >= 0.3 is 11.9 Å². The van der Waals surface area contributed by atoms with Crippen LogP contribution in [0.5, 0.6) is 0 Å². The Morgan fingerprint density at radius 1 is 1.14 bits per heavy atom. The minimum absolute atomic E-state index is 0.264. The molecule has 6 N–H and O–H groups in total. The van der Waals surface area contributed by atoms with Crippen molar-refractivity contribution in [1.82, 2.24) is 15.5 Å². The van der Waals surface area contributed by atoms with Gasteiger partial charge < -0.3 is 31.5 Å². The van der Waals surface area contributed by atoms with Crippen LogP contribution < -0.4 is 16.4 Å². The fourth-order valence-corrected chi connectivity index (χ4v) is 3.51. The fraction of sp³-hybridized carbons (Fsp3) is 0.706. The topological polar surface area (TPSA) is 179 Å². The van der Waals surface area contributed by atoms with Crippen LogP contribution in [0.4, 0.5) is 0 Å². The number of carbonyl (C=O) groups excluding carboxylic acids is 3. The smallest absolute Gasteiger partial charge is 0.326 e. The summed E-state index contributed by atoms with van der Waals surface area (Å²) in [6.07, 6.45) is 2.46. The van der Waals surface area contributed by atoms with Gasteiger partial charge in [0.05, 0.1) is 6.54 Å². The van der Waals surface area contributed by atoms with Gasteiger partial charge in [-0.05, 0) is 37.7 Å². The van der Waals surface area contributed by atoms with Crippen LogP contribution in [-0.2, 0) is 24.0 Å². The minimum atomic E-state index is -1.36. The Bertz CT molecular complexity index is 631. The molecule has 0 aliphatic carbocycles. The van der Waals surface area contributed by atoms with Crippen molar-refractivity contribution in [2.45, 2.75) is 50.2 Å². The first-order chi connectivity index (χ1) is 13.7. The SMILES string of the molecule is CSCCC(NC(=O)CN)C(=O)N1CCCC1C(=O)NC(CCC(=O)O)C(=O)O. The summed E-state index contributed by atoms with van der Waals surface area (Å²) in [5.74, 6) is -3.45. The molecule has 29 heavy (non-hydrogen) atoms. The molecule has 3 unspecified atom stereocenters. The molecule has 0 bridgehead atoms. The molecule has 1 fully saturated rings. The van der Waals surface area contributed by atoms with E-state index in [0.29, 0.717) is 31.6 Å². The van der Waals surface area contributed by atoms with Crippen molar-refractivity contribution in [3.63, 3.8) is 0 Å². The molecule has 3 atom stereocenters.